The molecule has 0 aliphatic carbocycles. The van der Waals surface area contributed by atoms with Crippen LogP contribution in [-0.2, 0) is 4.74 Å². The fourth-order valence-corrected chi connectivity index (χ4v) is 2.50. The molecule has 0 amide bonds. The Morgan fingerprint density at radius 3 is 2.75 bits per heavy atom. The van der Waals surface area contributed by atoms with Gasteiger partial charge in [-0.15, -0.1) is 0 Å². The second-order valence-electron chi connectivity index (χ2n) is 5.05. The van der Waals surface area contributed by atoms with Crippen molar-refractivity contribution in [2.45, 2.75) is 76.9 Å². The van der Waals surface area contributed by atoms with E-state index in [1.807, 2.05) is 0 Å². The van der Waals surface area contributed by atoms with Crippen LogP contribution in [0.4, 0.5) is 0 Å². The van der Waals surface area contributed by atoms with Crippen LogP contribution < -0.4 is 5.32 Å². The van der Waals surface area contributed by atoms with Crippen LogP contribution >= 0.6 is 0 Å². The van der Waals surface area contributed by atoms with Crippen LogP contribution in [0.1, 0.15) is 64.7 Å². The van der Waals surface area contributed by atoms with E-state index in [-0.39, 0.29) is 0 Å². The minimum Gasteiger partial charge on any atom is -0.378 e. The highest BCUT2D eigenvalue weighted by molar-refractivity contribution is 4.70. The van der Waals surface area contributed by atoms with E-state index in [0.29, 0.717) is 12.1 Å². The molecule has 0 spiro atoms. The van der Waals surface area contributed by atoms with Crippen molar-refractivity contribution in [1.82, 2.24) is 5.32 Å². The van der Waals surface area contributed by atoms with Gasteiger partial charge in [-0.2, -0.15) is 0 Å². The Kier molecular flexibility index (Phi) is 7.87. The van der Waals surface area contributed by atoms with Crippen LogP contribution in [-0.4, -0.2) is 25.8 Å². The van der Waals surface area contributed by atoms with Gasteiger partial charge in [-0.3, -0.25) is 0 Å². The standard InChI is InChI=1S/C14H29NO/c1-3-4-5-8-13(15-2)10-11-14-9-6-7-12-16-14/h13-15H,3-12H2,1-2H3. The maximum Gasteiger partial charge on any atom is 0.0575 e. The molecule has 1 N–H and O–H groups in total. The summed E-state index contributed by atoms with van der Waals surface area (Å²) >= 11 is 0. The van der Waals surface area contributed by atoms with E-state index in [9.17, 15) is 0 Å². The normalized spacial score (nSPS) is 23.2. The first-order chi connectivity index (χ1) is 7.86. The molecule has 2 unspecified atom stereocenters. The summed E-state index contributed by atoms with van der Waals surface area (Å²) < 4.78 is 5.77. The number of hydrogen-bond donors (Lipinski definition) is 1. The third-order valence-corrected chi connectivity index (χ3v) is 3.68. The highest BCUT2D eigenvalue weighted by Crippen LogP contribution is 2.19. The van der Waals surface area contributed by atoms with Crippen LogP contribution in [0.2, 0.25) is 0 Å². The third-order valence-electron chi connectivity index (χ3n) is 3.68. The minimum atomic E-state index is 0.552. The summed E-state index contributed by atoms with van der Waals surface area (Å²) in [6, 6.07) is 0.706. The fourth-order valence-electron chi connectivity index (χ4n) is 2.50. The second kappa shape index (κ2) is 9.00. The van der Waals surface area contributed by atoms with Crippen molar-refractivity contribution >= 4 is 0 Å². The number of nitrogens with one attached hydrogen (secondary N) is 1. The van der Waals surface area contributed by atoms with Crippen molar-refractivity contribution < 1.29 is 4.74 Å². The van der Waals surface area contributed by atoms with Gasteiger partial charge in [-0.05, 0) is 45.6 Å². The Morgan fingerprint density at radius 1 is 1.25 bits per heavy atom. The van der Waals surface area contributed by atoms with Gasteiger partial charge in [0.05, 0.1) is 6.10 Å². The van der Waals surface area contributed by atoms with Crippen LogP contribution in [0, 0.1) is 0 Å². The zero-order valence-corrected chi connectivity index (χ0v) is 11.1. The van der Waals surface area contributed by atoms with E-state index in [1.54, 1.807) is 0 Å². The van der Waals surface area contributed by atoms with E-state index in [4.69, 9.17) is 4.74 Å². The molecule has 0 aromatic heterocycles. The van der Waals surface area contributed by atoms with E-state index in [1.165, 1.54) is 57.8 Å². The summed E-state index contributed by atoms with van der Waals surface area (Å²) in [7, 11) is 2.10. The number of unbranched alkanes of at least 4 members (excludes halogenated alkanes) is 2. The van der Waals surface area contributed by atoms with Crippen molar-refractivity contribution in [1.29, 1.82) is 0 Å². The van der Waals surface area contributed by atoms with Crippen molar-refractivity contribution in [2.24, 2.45) is 0 Å². The molecule has 1 fully saturated rings. The first-order valence-electron chi connectivity index (χ1n) is 7.15. The molecule has 2 nitrogen and oxygen atoms in total. The molecule has 0 bridgehead atoms. The van der Waals surface area contributed by atoms with Gasteiger partial charge in [0, 0.05) is 12.6 Å². The molecule has 1 saturated heterocycles. The Hall–Kier alpha value is -0.0800. The molecule has 2 atom stereocenters. The molecule has 0 saturated carbocycles. The minimum absolute atomic E-state index is 0.552. The lowest BCUT2D eigenvalue weighted by atomic mass is 9.98. The average Bonchev–Trinajstić information content (AvgIpc) is 2.35. The molecule has 1 heterocycles. The van der Waals surface area contributed by atoms with Crippen molar-refractivity contribution in [3.05, 3.63) is 0 Å². The predicted molar refractivity (Wildman–Crippen MR) is 69.8 cm³/mol. The molecule has 0 aromatic carbocycles. The van der Waals surface area contributed by atoms with Gasteiger partial charge in [0.1, 0.15) is 0 Å². The molecule has 1 rings (SSSR count). The molecule has 0 radical (unpaired) electrons. The van der Waals surface area contributed by atoms with Gasteiger partial charge in [-0.25, -0.2) is 0 Å². The Morgan fingerprint density at radius 2 is 2.12 bits per heavy atom. The van der Waals surface area contributed by atoms with Gasteiger partial charge in [0.2, 0.25) is 0 Å². The van der Waals surface area contributed by atoms with Crippen LogP contribution in [0.5, 0.6) is 0 Å². The molecule has 1 aliphatic heterocycles. The largest absolute Gasteiger partial charge is 0.378 e. The van der Waals surface area contributed by atoms with E-state index in [2.05, 4.69) is 19.3 Å². The third kappa shape index (κ3) is 5.86. The Balaban J connectivity index is 2.07. The van der Waals surface area contributed by atoms with E-state index >= 15 is 0 Å². The lowest BCUT2D eigenvalue weighted by Gasteiger charge is -2.24. The molecule has 2 heteroatoms. The first kappa shape index (κ1) is 14.0. The number of ether oxygens (including phenoxy) is 1. The summed E-state index contributed by atoms with van der Waals surface area (Å²) in [4.78, 5) is 0. The quantitative estimate of drug-likeness (QED) is 0.641. The summed E-state index contributed by atoms with van der Waals surface area (Å²) in [5, 5.41) is 3.44. The van der Waals surface area contributed by atoms with Crippen molar-refractivity contribution in [3.8, 4) is 0 Å². The smallest absolute Gasteiger partial charge is 0.0575 e. The maximum absolute atomic E-state index is 5.77. The van der Waals surface area contributed by atoms with Gasteiger partial charge in [0.15, 0.2) is 0 Å². The number of hydrogen-bond acceptors (Lipinski definition) is 2. The van der Waals surface area contributed by atoms with Crippen LogP contribution in [0.25, 0.3) is 0 Å². The fraction of sp³-hybridized carbons (Fsp3) is 1.00. The first-order valence-corrected chi connectivity index (χ1v) is 7.15. The number of rotatable bonds is 8. The highest BCUT2D eigenvalue weighted by atomic mass is 16.5. The molecule has 1 aliphatic rings. The topological polar surface area (TPSA) is 21.3 Å². The SMILES string of the molecule is CCCCCC(CCC1CCCCO1)NC. The lowest BCUT2D eigenvalue weighted by Crippen LogP contribution is -2.28. The van der Waals surface area contributed by atoms with Crippen LogP contribution in [0.3, 0.4) is 0 Å². The van der Waals surface area contributed by atoms with E-state index in [0.717, 1.165) is 6.61 Å². The summed E-state index contributed by atoms with van der Waals surface area (Å²) in [5.41, 5.74) is 0. The Labute approximate surface area is 101 Å². The van der Waals surface area contributed by atoms with Gasteiger partial charge in [-0.1, -0.05) is 26.2 Å². The monoisotopic (exact) mass is 227 g/mol. The average molecular weight is 227 g/mol. The molecular formula is C14H29NO. The predicted octanol–water partition coefficient (Wildman–Crippen LogP) is 3.50. The molecule has 96 valence electrons. The molecule has 0 aromatic rings. The molecular weight excluding hydrogens is 198 g/mol. The summed E-state index contributed by atoms with van der Waals surface area (Å²) in [6.45, 7) is 3.26. The molecule has 16 heavy (non-hydrogen) atoms. The zero-order chi connectivity index (χ0) is 11.6. The Bertz CT molecular complexity index is 155. The van der Waals surface area contributed by atoms with Gasteiger partial charge in [0.25, 0.3) is 0 Å². The zero-order valence-electron chi connectivity index (χ0n) is 11.1. The van der Waals surface area contributed by atoms with Gasteiger partial charge < -0.3 is 10.1 Å². The second-order valence-corrected chi connectivity index (χ2v) is 5.05. The lowest BCUT2D eigenvalue weighted by molar-refractivity contribution is 0.00853. The van der Waals surface area contributed by atoms with E-state index < -0.39 is 0 Å². The van der Waals surface area contributed by atoms with Crippen LogP contribution in [0.15, 0.2) is 0 Å². The van der Waals surface area contributed by atoms with Gasteiger partial charge >= 0.3 is 0 Å². The highest BCUT2D eigenvalue weighted by Gasteiger charge is 2.15. The summed E-state index contributed by atoms with van der Waals surface area (Å²) in [6.07, 6.45) is 12.4. The maximum atomic E-state index is 5.77. The summed E-state index contributed by atoms with van der Waals surface area (Å²) in [5.74, 6) is 0. The van der Waals surface area contributed by atoms with Crippen molar-refractivity contribution in [3.63, 3.8) is 0 Å². The van der Waals surface area contributed by atoms with Crippen molar-refractivity contribution in [2.75, 3.05) is 13.7 Å².